The van der Waals surface area contributed by atoms with Crippen molar-refractivity contribution in [2.24, 2.45) is 29.2 Å². The van der Waals surface area contributed by atoms with Crippen LogP contribution in [0.3, 0.4) is 0 Å². The first kappa shape index (κ1) is 45.5. The highest BCUT2D eigenvalue weighted by molar-refractivity contribution is 5.72. The van der Waals surface area contributed by atoms with E-state index in [9.17, 15) is 4.79 Å². The number of rotatable bonds is 7. The van der Waals surface area contributed by atoms with E-state index in [2.05, 4.69) is 46.9 Å². The standard InChI is InChI=1S/C7H15NO.2C5H13N.C2H4O2.3CH4/c1-4-6(2)5-8-7(3)9;2*1-3-5(2)4-6;1-2(3)4;;;/h6H,4-5H2,1-3H3,(H,8,9);2*5H,3-4,6H2,1-2H3;1H3,(H,3,4);3*1H4. The fourth-order valence-corrected chi connectivity index (χ4v) is 0.796. The zero-order valence-electron chi connectivity index (χ0n) is 17.9. The number of aliphatic carboxylic acids is 1. The van der Waals surface area contributed by atoms with E-state index in [0.717, 1.165) is 33.0 Å². The minimum Gasteiger partial charge on any atom is -0.481 e. The minimum absolute atomic E-state index is 0. The lowest BCUT2D eigenvalue weighted by molar-refractivity contribution is -0.134. The Kier molecular flexibility index (Phi) is 59.7. The van der Waals surface area contributed by atoms with Gasteiger partial charge in [0.25, 0.3) is 5.97 Å². The van der Waals surface area contributed by atoms with E-state index in [1.54, 1.807) is 6.92 Å². The van der Waals surface area contributed by atoms with Crippen LogP contribution < -0.4 is 16.8 Å². The van der Waals surface area contributed by atoms with E-state index in [1.807, 2.05) is 0 Å². The van der Waals surface area contributed by atoms with Crippen molar-refractivity contribution in [1.29, 1.82) is 0 Å². The predicted octanol–water partition coefficient (Wildman–Crippen LogP) is 5.15. The molecule has 0 fully saturated rings. The molecule has 6 heteroatoms. The summed E-state index contributed by atoms with van der Waals surface area (Å²) in [6.45, 7) is 17.9. The molecular weight excluding hydrogens is 354 g/mol. The van der Waals surface area contributed by atoms with Crippen LogP contribution in [0.4, 0.5) is 0 Å². The molecule has 0 aliphatic rings. The van der Waals surface area contributed by atoms with Crippen molar-refractivity contribution < 1.29 is 14.7 Å². The lowest BCUT2D eigenvalue weighted by atomic mass is 10.1. The number of amides is 1. The summed E-state index contributed by atoms with van der Waals surface area (Å²) in [5.41, 5.74) is 10.6. The van der Waals surface area contributed by atoms with Gasteiger partial charge < -0.3 is 21.9 Å². The van der Waals surface area contributed by atoms with E-state index in [4.69, 9.17) is 21.4 Å². The minimum atomic E-state index is -0.833. The summed E-state index contributed by atoms with van der Waals surface area (Å²) in [6, 6.07) is 0. The average molecular weight is 412 g/mol. The lowest BCUT2D eigenvalue weighted by Crippen LogP contribution is -2.25. The summed E-state index contributed by atoms with van der Waals surface area (Å²) in [5, 5.41) is 10.2. The van der Waals surface area contributed by atoms with Gasteiger partial charge >= 0.3 is 0 Å². The Morgan fingerprint density at radius 2 is 1.04 bits per heavy atom. The number of hydrogen-bond acceptors (Lipinski definition) is 4. The Bertz CT molecular complexity index is 266. The molecule has 0 aromatic rings. The predicted molar refractivity (Wildman–Crippen MR) is 129 cm³/mol. The second kappa shape index (κ2) is 36.7. The maximum atomic E-state index is 10.4. The van der Waals surface area contributed by atoms with Gasteiger partial charge in [-0.15, -0.1) is 0 Å². The molecule has 0 aromatic carbocycles. The molecule has 0 rings (SSSR count). The Labute approximate surface area is 178 Å². The van der Waals surface area contributed by atoms with Crippen molar-refractivity contribution in [1.82, 2.24) is 5.32 Å². The quantitative estimate of drug-likeness (QED) is 0.462. The van der Waals surface area contributed by atoms with Gasteiger partial charge in [-0.3, -0.25) is 9.59 Å². The summed E-state index contributed by atoms with van der Waals surface area (Å²) in [6.07, 6.45) is 3.54. The normalized spacial score (nSPS) is 11.2. The fourth-order valence-electron chi connectivity index (χ4n) is 0.796. The van der Waals surface area contributed by atoms with Gasteiger partial charge in [0, 0.05) is 20.4 Å². The van der Waals surface area contributed by atoms with Crippen molar-refractivity contribution in [3.05, 3.63) is 0 Å². The number of nitrogens with one attached hydrogen (secondary N) is 1. The summed E-state index contributed by atoms with van der Waals surface area (Å²) < 4.78 is 0. The Morgan fingerprint density at radius 1 is 0.786 bits per heavy atom. The molecule has 0 aliphatic heterocycles. The van der Waals surface area contributed by atoms with Crippen molar-refractivity contribution in [2.75, 3.05) is 19.6 Å². The molecule has 6 nitrogen and oxygen atoms in total. The maximum absolute atomic E-state index is 10.4. The second-order valence-electron chi connectivity index (χ2n) is 6.47. The largest absolute Gasteiger partial charge is 0.481 e. The molecule has 0 aliphatic carbocycles. The van der Waals surface area contributed by atoms with Crippen LogP contribution in [0.5, 0.6) is 0 Å². The molecule has 0 radical (unpaired) electrons. The lowest BCUT2D eigenvalue weighted by Gasteiger charge is -2.07. The van der Waals surface area contributed by atoms with Gasteiger partial charge in [-0.05, 0) is 30.8 Å². The first-order valence-corrected chi connectivity index (χ1v) is 9.35. The SMILES string of the molecule is C.C.C.CC(=O)O.CCC(C)CN.CCC(C)CN.CCC(C)CNC(C)=O. The van der Waals surface area contributed by atoms with Gasteiger partial charge in [0.15, 0.2) is 0 Å². The third kappa shape index (κ3) is 73.7. The van der Waals surface area contributed by atoms with Crippen LogP contribution in [0.2, 0.25) is 0 Å². The molecule has 28 heavy (non-hydrogen) atoms. The monoisotopic (exact) mass is 411 g/mol. The molecule has 1 amide bonds. The van der Waals surface area contributed by atoms with Gasteiger partial charge in [0.2, 0.25) is 5.91 Å². The second-order valence-corrected chi connectivity index (χ2v) is 6.47. The molecule has 3 atom stereocenters. The maximum Gasteiger partial charge on any atom is 0.300 e. The van der Waals surface area contributed by atoms with Gasteiger partial charge in [-0.1, -0.05) is 83.1 Å². The van der Waals surface area contributed by atoms with Gasteiger partial charge in [-0.2, -0.15) is 0 Å². The summed E-state index contributed by atoms with van der Waals surface area (Å²) >= 11 is 0. The Hall–Kier alpha value is -1.14. The molecule has 0 spiro atoms. The van der Waals surface area contributed by atoms with Crippen LogP contribution in [0.15, 0.2) is 0 Å². The first-order valence-electron chi connectivity index (χ1n) is 9.35. The number of carboxylic acids is 1. The van der Waals surface area contributed by atoms with Crippen LogP contribution in [-0.2, 0) is 9.59 Å². The van der Waals surface area contributed by atoms with E-state index in [1.165, 1.54) is 12.8 Å². The van der Waals surface area contributed by atoms with E-state index >= 15 is 0 Å². The van der Waals surface area contributed by atoms with E-state index in [-0.39, 0.29) is 28.2 Å². The summed E-state index contributed by atoms with van der Waals surface area (Å²) in [5.74, 6) is 1.26. The van der Waals surface area contributed by atoms with Gasteiger partial charge in [0.05, 0.1) is 0 Å². The highest BCUT2D eigenvalue weighted by atomic mass is 16.4. The highest BCUT2D eigenvalue weighted by Gasteiger charge is 1.97. The molecule has 6 N–H and O–H groups in total. The van der Waals surface area contributed by atoms with Crippen molar-refractivity contribution >= 4 is 11.9 Å². The van der Waals surface area contributed by atoms with Crippen molar-refractivity contribution in [3.8, 4) is 0 Å². The smallest absolute Gasteiger partial charge is 0.300 e. The third-order valence-electron chi connectivity index (χ3n) is 3.59. The molecule has 0 heterocycles. The topological polar surface area (TPSA) is 118 Å². The average Bonchev–Trinajstić information content (AvgIpc) is 2.58. The third-order valence-corrected chi connectivity index (χ3v) is 3.59. The zero-order valence-corrected chi connectivity index (χ0v) is 17.9. The van der Waals surface area contributed by atoms with Crippen LogP contribution in [0.1, 0.15) is 96.9 Å². The molecule has 3 unspecified atom stereocenters. The van der Waals surface area contributed by atoms with Crippen LogP contribution in [0, 0.1) is 17.8 Å². The van der Waals surface area contributed by atoms with Gasteiger partial charge in [-0.25, -0.2) is 0 Å². The number of carbonyl (C=O) groups is 2. The van der Waals surface area contributed by atoms with Crippen LogP contribution in [-0.4, -0.2) is 36.6 Å². The zero-order chi connectivity index (χ0) is 20.8. The summed E-state index contributed by atoms with van der Waals surface area (Å²) in [7, 11) is 0. The Balaban J connectivity index is -0.0000000420. The highest BCUT2D eigenvalue weighted by Crippen LogP contribution is 1.96. The van der Waals surface area contributed by atoms with Crippen LogP contribution in [0.25, 0.3) is 0 Å². The molecule has 0 saturated carbocycles. The van der Waals surface area contributed by atoms with Gasteiger partial charge in [0.1, 0.15) is 0 Å². The van der Waals surface area contributed by atoms with Crippen LogP contribution >= 0.6 is 0 Å². The fraction of sp³-hybridized carbons (Fsp3) is 0.909. The number of carbonyl (C=O) groups excluding carboxylic acids is 1. The van der Waals surface area contributed by atoms with Crippen molar-refractivity contribution in [2.45, 2.75) is 96.9 Å². The Morgan fingerprint density at radius 3 is 1.14 bits per heavy atom. The van der Waals surface area contributed by atoms with E-state index in [0.29, 0.717) is 17.8 Å². The molecular formula is C22H57N3O3. The van der Waals surface area contributed by atoms with Crippen molar-refractivity contribution in [3.63, 3.8) is 0 Å². The first-order chi connectivity index (χ1) is 11.5. The number of nitrogens with two attached hydrogens (primary N) is 2. The number of carboxylic acid groups (broad SMARTS) is 1. The molecule has 0 aromatic heterocycles. The molecule has 178 valence electrons. The summed E-state index contributed by atoms with van der Waals surface area (Å²) in [4.78, 5) is 19.4. The number of hydrogen-bond donors (Lipinski definition) is 4. The molecule has 0 bridgehead atoms. The van der Waals surface area contributed by atoms with E-state index < -0.39 is 5.97 Å². The molecule has 0 saturated heterocycles.